The molecule has 1 fully saturated rings. The first-order valence-electron chi connectivity index (χ1n) is 10.4. The Morgan fingerprint density at radius 3 is 2.42 bits per heavy atom. The average Bonchev–Trinajstić information content (AvgIpc) is 2.78. The molecule has 1 aliphatic heterocycles. The van der Waals surface area contributed by atoms with Gasteiger partial charge in [0.1, 0.15) is 17.9 Å². The topological polar surface area (TPSA) is 70.6 Å². The number of piperazine rings is 1. The van der Waals surface area contributed by atoms with Gasteiger partial charge in [0, 0.05) is 43.5 Å². The van der Waals surface area contributed by atoms with Crippen molar-refractivity contribution in [2.45, 2.75) is 13.8 Å². The van der Waals surface area contributed by atoms with E-state index in [1.807, 2.05) is 61.2 Å². The van der Waals surface area contributed by atoms with Crippen molar-refractivity contribution in [3.05, 3.63) is 66.0 Å². The third-order valence-electron chi connectivity index (χ3n) is 5.38. The van der Waals surface area contributed by atoms with Gasteiger partial charge in [-0.1, -0.05) is 18.2 Å². The molecule has 0 radical (unpaired) electrons. The maximum Gasteiger partial charge on any atom is 0.321 e. The lowest BCUT2D eigenvalue weighted by molar-refractivity contribution is 0.208. The van der Waals surface area contributed by atoms with Gasteiger partial charge in [0.25, 0.3) is 0 Å². The fourth-order valence-electron chi connectivity index (χ4n) is 3.85. The third kappa shape index (κ3) is 4.94. The number of hydrogen-bond donors (Lipinski definition) is 1. The summed E-state index contributed by atoms with van der Waals surface area (Å²) in [5.41, 5.74) is 4.93. The van der Waals surface area contributed by atoms with Gasteiger partial charge < -0.3 is 19.9 Å². The number of aromatic nitrogens is 2. The molecule has 0 aliphatic carbocycles. The molecule has 0 spiro atoms. The number of carbonyl (C=O) groups excluding carboxylic acids is 1. The number of urea groups is 1. The Balaban J connectivity index is 1.40. The molecule has 1 saturated heterocycles. The second kappa shape index (κ2) is 9.04. The van der Waals surface area contributed by atoms with E-state index in [0.29, 0.717) is 13.1 Å². The van der Waals surface area contributed by atoms with Gasteiger partial charge in [-0.2, -0.15) is 0 Å². The van der Waals surface area contributed by atoms with Crippen molar-refractivity contribution >= 4 is 17.5 Å². The monoisotopic (exact) mass is 417 g/mol. The number of hydrogen-bond acceptors (Lipinski definition) is 5. The van der Waals surface area contributed by atoms with Crippen molar-refractivity contribution in [2.24, 2.45) is 0 Å². The number of rotatable bonds is 4. The van der Waals surface area contributed by atoms with E-state index in [4.69, 9.17) is 4.74 Å². The molecule has 0 bridgehead atoms. The number of methoxy groups -OCH3 is 1. The highest BCUT2D eigenvalue weighted by Crippen LogP contribution is 2.25. The Labute approximate surface area is 182 Å². The van der Waals surface area contributed by atoms with Gasteiger partial charge in [0.2, 0.25) is 0 Å². The van der Waals surface area contributed by atoms with Crippen molar-refractivity contribution in [3.8, 4) is 17.0 Å². The maximum atomic E-state index is 12.7. The van der Waals surface area contributed by atoms with Crippen LogP contribution in [-0.2, 0) is 0 Å². The van der Waals surface area contributed by atoms with Crippen LogP contribution in [0.1, 0.15) is 11.1 Å². The molecule has 0 saturated carbocycles. The van der Waals surface area contributed by atoms with Crippen molar-refractivity contribution in [3.63, 3.8) is 0 Å². The van der Waals surface area contributed by atoms with Crippen LogP contribution in [0.2, 0.25) is 0 Å². The number of aryl methyl sites for hydroxylation is 2. The highest BCUT2D eigenvalue weighted by atomic mass is 16.5. The highest BCUT2D eigenvalue weighted by Gasteiger charge is 2.22. The van der Waals surface area contributed by atoms with Crippen LogP contribution >= 0.6 is 0 Å². The predicted molar refractivity (Wildman–Crippen MR) is 123 cm³/mol. The number of nitrogens with zero attached hydrogens (tertiary/aromatic N) is 4. The standard InChI is InChI=1S/C24H27N5O2/c1-17-11-18(2)13-20(12-17)27-24(30)29-9-7-28(8-10-29)23-15-22(25-16-26-23)19-5-4-6-21(14-19)31-3/h4-6,11-16H,7-10H2,1-3H3,(H,27,30). The van der Waals surface area contributed by atoms with E-state index in [9.17, 15) is 4.79 Å². The molecule has 4 rings (SSSR count). The van der Waals surface area contributed by atoms with Crippen molar-refractivity contribution < 1.29 is 9.53 Å². The molecule has 7 heteroatoms. The molecule has 2 amide bonds. The Hall–Kier alpha value is -3.61. The summed E-state index contributed by atoms with van der Waals surface area (Å²) in [6.45, 7) is 6.76. The number of nitrogens with one attached hydrogen (secondary N) is 1. The molecule has 160 valence electrons. The molecule has 31 heavy (non-hydrogen) atoms. The van der Waals surface area contributed by atoms with Crippen LogP contribution in [0.15, 0.2) is 54.9 Å². The molecular weight excluding hydrogens is 390 g/mol. The molecule has 3 aromatic rings. The van der Waals surface area contributed by atoms with Crippen LogP contribution in [0.25, 0.3) is 11.3 Å². The van der Waals surface area contributed by atoms with E-state index in [1.54, 1.807) is 13.4 Å². The van der Waals surface area contributed by atoms with Crippen LogP contribution in [0.4, 0.5) is 16.3 Å². The molecule has 1 aliphatic rings. The minimum atomic E-state index is -0.0654. The second-order valence-electron chi connectivity index (χ2n) is 7.77. The van der Waals surface area contributed by atoms with Crippen molar-refractivity contribution in [1.82, 2.24) is 14.9 Å². The predicted octanol–water partition coefficient (Wildman–Crippen LogP) is 4.12. The molecule has 0 unspecified atom stereocenters. The molecule has 1 aromatic heterocycles. The summed E-state index contributed by atoms with van der Waals surface area (Å²) in [4.78, 5) is 25.6. The molecule has 2 aromatic carbocycles. The summed E-state index contributed by atoms with van der Waals surface area (Å²) in [5, 5.41) is 3.02. The first-order valence-corrected chi connectivity index (χ1v) is 10.4. The smallest absolute Gasteiger partial charge is 0.321 e. The quantitative estimate of drug-likeness (QED) is 0.691. The van der Waals surface area contributed by atoms with Crippen LogP contribution in [-0.4, -0.2) is 54.2 Å². The summed E-state index contributed by atoms with van der Waals surface area (Å²) in [6.07, 6.45) is 1.59. The van der Waals surface area contributed by atoms with Gasteiger partial charge in [0.15, 0.2) is 0 Å². The Kier molecular flexibility index (Phi) is 6.02. The molecule has 0 atom stereocenters. The van der Waals surface area contributed by atoms with Crippen LogP contribution in [0.3, 0.4) is 0 Å². The number of amides is 2. The van der Waals surface area contributed by atoms with Gasteiger partial charge in [-0.3, -0.25) is 0 Å². The number of benzene rings is 2. The van der Waals surface area contributed by atoms with Crippen molar-refractivity contribution in [2.75, 3.05) is 43.5 Å². The van der Waals surface area contributed by atoms with Crippen LogP contribution in [0, 0.1) is 13.8 Å². The van der Waals surface area contributed by atoms with E-state index in [0.717, 1.165) is 52.7 Å². The lowest BCUT2D eigenvalue weighted by Crippen LogP contribution is -2.50. The van der Waals surface area contributed by atoms with Gasteiger partial charge in [-0.25, -0.2) is 14.8 Å². The van der Waals surface area contributed by atoms with Gasteiger partial charge >= 0.3 is 6.03 Å². The van der Waals surface area contributed by atoms with Crippen LogP contribution < -0.4 is 15.0 Å². The summed E-state index contributed by atoms with van der Waals surface area (Å²) in [5.74, 6) is 1.66. The highest BCUT2D eigenvalue weighted by molar-refractivity contribution is 5.89. The van der Waals surface area contributed by atoms with Crippen molar-refractivity contribution in [1.29, 1.82) is 0 Å². The summed E-state index contributed by atoms with van der Waals surface area (Å²) >= 11 is 0. The SMILES string of the molecule is COc1cccc(-c2cc(N3CCN(C(=O)Nc4cc(C)cc(C)c4)CC3)ncn2)c1. The Morgan fingerprint density at radius 2 is 1.71 bits per heavy atom. The zero-order valence-corrected chi connectivity index (χ0v) is 18.1. The summed E-state index contributed by atoms with van der Waals surface area (Å²) in [7, 11) is 1.65. The van der Waals surface area contributed by atoms with Gasteiger partial charge in [-0.15, -0.1) is 0 Å². The fourth-order valence-corrected chi connectivity index (χ4v) is 3.85. The Bertz CT molecular complexity index is 1060. The maximum absolute atomic E-state index is 12.7. The largest absolute Gasteiger partial charge is 0.497 e. The van der Waals surface area contributed by atoms with E-state index >= 15 is 0 Å². The zero-order chi connectivity index (χ0) is 21.8. The lowest BCUT2D eigenvalue weighted by atomic mass is 10.1. The first kappa shape index (κ1) is 20.7. The zero-order valence-electron chi connectivity index (χ0n) is 18.1. The van der Waals surface area contributed by atoms with Gasteiger partial charge in [0.05, 0.1) is 12.8 Å². The van der Waals surface area contributed by atoms with E-state index in [2.05, 4.69) is 26.3 Å². The fraction of sp³-hybridized carbons (Fsp3) is 0.292. The van der Waals surface area contributed by atoms with E-state index in [1.165, 1.54) is 0 Å². The first-order chi connectivity index (χ1) is 15.0. The number of ether oxygens (including phenoxy) is 1. The third-order valence-corrected chi connectivity index (χ3v) is 5.38. The summed E-state index contributed by atoms with van der Waals surface area (Å²) in [6, 6.07) is 15.8. The second-order valence-corrected chi connectivity index (χ2v) is 7.77. The molecule has 7 nitrogen and oxygen atoms in total. The summed E-state index contributed by atoms with van der Waals surface area (Å²) < 4.78 is 5.32. The minimum Gasteiger partial charge on any atom is -0.497 e. The molecular formula is C24H27N5O2. The molecule has 2 heterocycles. The molecule has 1 N–H and O–H groups in total. The lowest BCUT2D eigenvalue weighted by Gasteiger charge is -2.35. The number of carbonyl (C=O) groups is 1. The van der Waals surface area contributed by atoms with E-state index < -0.39 is 0 Å². The van der Waals surface area contributed by atoms with Gasteiger partial charge in [-0.05, 0) is 49.2 Å². The number of anilines is 2. The average molecular weight is 418 g/mol. The Morgan fingerprint density at radius 1 is 0.968 bits per heavy atom. The van der Waals surface area contributed by atoms with Crippen LogP contribution in [0.5, 0.6) is 5.75 Å². The minimum absolute atomic E-state index is 0.0654. The van der Waals surface area contributed by atoms with E-state index in [-0.39, 0.29) is 6.03 Å². The normalized spacial score (nSPS) is 13.8.